The molecular formula is C9H28GdN3O15P5. The van der Waals surface area contributed by atoms with Crippen molar-refractivity contribution in [3.63, 3.8) is 0 Å². The maximum atomic E-state index is 11.4. The van der Waals surface area contributed by atoms with Crippen LogP contribution in [-0.4, -0.2) is 121 Å². The number of rotatable bonds is 16. The fourth-order valence-electron chi connectivity index (χ4n) is 2.49. The molecule has 33 heavy (non-hydrogen) atoms. The second kappa shape index (κ2) is 14.8. The Balaban J connectivity index is 0. The molecule has 0 aromatic rings. The fraction of sp³-hybridized carbons (Fsp3) is 1.00. The number of hydrogen-bond donors (Lipinski definition) is 10. The molecule has 0 bridgehead atoms. The van der Waals surface area contributed by atoms with Crippen LogP contribution in [0.4, 0.5) is 0 Å². The number of hydrogen-bond acceptors (Lipinski definition) is 8. The molecule has 0 radical (unpaired) electrons. The van der Waals surface area contributed by atoms with Gasteiger partial charge in [0.05, 0.1) is 0 Å². The molecule has 0 aromatic carbocycles. The molecule has 0 atom stereocenters. The Morgan fingerprint density at radius 3 is 0.697 bits per heavy atom. The fourth-order valence-corrected chi connectivity index (χ4v) is 6.66. The van der Waals surface area contributed by atoms with E-state index in [1.54, 1.807) is 0 Å². The molecular weight excluding hydrogens is 698 g/mol. The van der Waals surface area contributed by atoms with Gasteiger partial charge in [-0.15, -0.1) is 0 Å². The van der Waals surface area contributed by atoms with Crippen molar-refractivity contribution in [2.45, 2.75) is 0 Å². The summed E-state index contributed by atoms with van der Waals surface area (Å²) in [6.07, 6.45) is -5.21. The van der Waals surface area contributed by atoms with Gasteiger partial charge in [-0.2, -0.15) is 0 Å². The molecule has 0 aromatic heterocycles. The van der Waals surface area contributed by atoms with Crippen molar-refractivity contribution < 1.29 is 112 Å². The van der Waals surface area contributed by atoms with Gasteiger partial charge in [0.1, 0.15) is 31.4 Å². The van der Waals surface area contributed by atoms with Gasteiger partial charge in [-0.1, -0.05) is 0 Å². The van der Waals surface area contributed by atoms with Gasteiger partial charge in [-0.3, -0.25) is 37.5 Å². The zero-order chi connectivity index (χ0) is 25.6. The summed E-state index contributed by atoms with van der Waals surface area (Å²) in [7, 11) is -23.8. The molecule has 10 N–H and O–H groups in total. The Kier molecular flexibility index (Phi) is 16.6. The molecule has 24 heteroatoms. The standard InChI is InChI=1S/C9H28N3O15P5.Gd/c13-28(14,15)5-10(1-3-11(6-29(16,17)18)7-30(19,20)21)2-4-12(8-31(22,23)24)9-32(25,26)27;/h1-9H2,(H2,13,14,15)(H2,16,17,18)(H2,19,20,21)(H2,22,23,24)(H2,25,26,27);/i;1-4. The van der Waals surface area contributed by atoms with Crippen molar-refractivity contribution in [2.75, 3.05) is 57.6 Å². The van der Waals surface area contributed by atoms with E-state index in [0.717, 1.165) is 4.90 Å². The average Bonchev–Trinajstić information content (AvgIpc) is 2.41. The SMILES string of the molecule is O=P(O)(O)CN(CCN(CP(=O)(O)O)CP(=O)(O)O)CCN(CP(=O)(O)O)CP(=O)(O)O.[153Gd]. The first-order valence-corrected chi connectivity index (χ1v) is 17.3. The van der Waals surface area contributed by atoms with E-state index in [2.05, 4.69) is 0 Å². The molecule has 202 valence electrons. The van der Waals surface area contributed by atoms with Crippen molar-refractivity contribution in [3.05, 3.63) is 0 Å². The first kappa shape index (κ1) is 37.1. The zero-order valence-electron chi connectivity index (χ0n) is 16.8. The Morgan fingerprint density at radius 2 is 0.515 bits per heavy atom. The van der Waals surface area contributed by atoms with Gasteiger partial charge >= 0.3 is 38.0 Å². The first-order valence-electron chi connectivity index (χ1n) is 8.34. The van der Waals surface area contributed by atoms with Crippen LogP contribution in [0.25, 0.3) is 0 Å². The van der Waals surface area contributed by atoms with Gasteiger partial charge in [0, 0.05) is 66.1 Å². The minimum Gasteiger partial charge on any atom is -0.324 e. The molecule has 0 aliphatic heterocycles. The predicted molar refractivity (Wildman–Crippen MR) is 110 cm³/mol. The quantitative estimate of drug-likeness (QED) is 0.0740. The smallest absolute Gasteiger partial charge is 0.324 e. The molecule has 0 heterocycles. The summed E-state index contributed by atoms with van der Waals surface area (Å²) in [4.78, 5) is 93.2. The third-order valence-corrected chi connectivity index (χ3v) is 7.23. The molecule has 0 saturated carbocycles. The third-order valence-electron chi connectivity index (χ3n) is 3.39. The second-order valence-electron chi connectivity index (χ2n) is 6.94. The molecule has 0 rings (SSSR count). The second-order valence-corrected chi connectivity index (χ2v) is 15.0. The normalized spacial score (nSPS) is 14.2. The number of nitrogens with zero attached hydrogens (tertiary/aromatic N) is 3. The van der Waals surface area contributed by atoms with Gasteiger partial charge < -0.3 is 48.9 Å². The Hall–Kier alpha value is 1.95. The van der Waals surface area contributed by atoms with E-state index >= 15 is 0 Å². The zero-order valence-corrected chi connectivity index (χ0v) is 23.5. The van der Waals surface area contributed by atoms with E-state index in [1.165, 1.54) is 0 Å². The third kappa shape index (κ3) is 25.4. The van der Waals surface area contributed by atoms with Crippen LogP contribution in [-0.2, 0) is 22.8 Å². The molecule has 0 spiro atoms. The summed E-state index contributed by atoms with van der Waals surface area (Å²) in [5, 5.41) is 0. The van der Waals surface area contributed by atoms with Gasteiger partial charge in [0.25, 0.3) is 0 Å². The van der Waals surface area contributed by atoms with Gasteiger partial charge in [0.2, 0.25) is 0 Å². The van der Waals surface area contributed by atoms with Crippen LogP contribution in [0, 0.1) is 39.9 Å². The summed E-state index contributed by atoms with van der Waals surface area (Å²) < 4.78 is 56.1. The molecule has 18 nitrogen and oxygen atoms in total. The maximum absolute atomic E-state index is 11.4. The van der Waals surface area contributed by atoms with E-state index in [4.69, 9.17) is 39.1 Å². The summed E-state index contributed by atoms with van der Waals surface area (Å²) in [5.74, 6) is 0. The summed E-state index contributed by atoms with van der Waals surface area (Å²) in [6.45, 7) is -1.78. The Morgan fingerprint density at radius 1 is 0.364 bits per heavy atom. The maximum Gasteiger partial charge on any atom is 0.339 e. The van der Waals surface area contributed by atoms with Crippen molar-refractivity contribution >= 4 is 38.0 Å². The van der Waals surface area contributed by atoms with Crippen molar-refractivity contribution in [1.29, 1.82) is 0 Å². The van der Waals surface area contributed by atoms with Crippen LogP contribution in [0.3, 0.4) is 0 Å². The first-order chi connectivity index (χ1) is 13.9. The van der Waals surface area contributed by atoms with Gasteiger partial charge in [-0.05, 0) is 0 Å². The molecule has 0 amide bonds. The minimum absolute atomic E-state index is 0. The van der Waals surface area contributed by atoms with Crippen LogP contribution < -0.4 is 0 Å². The van der Waals surface area contributed by atoms with Crippen molar-refractivity contribution in [2.24, 2.45) is 0 Å². The largest absolute Gasteiger partial charge is 0.339 e. The molecule has 0 aliphatic rings. The average molecular weight is 726 g/mol. The summed E-state index contributed by atoms with van der Waals surface area (Å²) in [5.41, 5.74) is 0. The van der Waals surface area contributed by atoms with E-state index < -0.39 is 95.6 Å². The van der Waals surface area contributed by atoms with Gasteiger partial charge in [0.15, 0.2) is 0 Å². The van der Waals surface area contributed by atoms with Crippen LogP contribution >= 0.6 is 38.0 Å². The molecule has 0 saturated heterocycles. The van der Waals surface area contributed by atoms with Crippen LogP contribution in [0.15, 0.2) is 0 Å². The molecule has 0 fully saturated rings. The van der Waals surface area contributed by atoms with Crippen molar-refractivity contribution in [1.82, 2.24) is 14.7 Å². The Labute approximate surface area is 220 Å². The minimum atomic E-state index is -4.76. The van der Waals surface area contributed by atoms with Crippen LogP contribution in [0.2, 0.25) is 0 Å². The van der Waals surface area contributed by atoms with Crippen LogP contribution in [0.1, 0.15) is 0 Å². The van der Waals surface area contributed by atoms with E-state index in [-0.39, 0.29) is 39.9 Å². The van der Waals surface area contributed by atoms with E-state index in [9.17, 15) is 32.6 Å². The van der Waals surface area contributed by atoms with Crippen molar-refractivity contribution in [3.8, 4) is 0 Å². The van der Waals surface area contributed by atoms with Gasteiger partial charge in [-0.25, -0.2) is 0 Å². The van der Waals surface area contributed by atoms with Crippen LogP contribution in [0.5, 0.6) is 0 Å². The Bertz CT molecular complexity index is 727. The monoisotopic (exact) mass is 726 g/mol. The predicted octanol–water partition coefficient (Wildman–Crippen LogP) is -2.43. The molecule has 0 unspecified atom stereocenters. The topological polar surface area (TPSA) is 297 Å². The summed E-state index contributed by atoms with van der Waals surface area (Å²) >= 11 is 0. The molecule has 0 aliphatic carbocycles. The summed E-state index contributed by atoms with van der Waals surface area (Å²) in [6, 6.07) is 0. The van der Waals surface area contributed by atoms with E-state index in [0.29, 0.717) is 9.80 Å². The van der Waals surface area contributed by atoms with E-state index in [1.807, 2.05) is 0 Å².